The topological polar surface area (TPSA) is 38.3 Å². The molecule has 2 atom stereocenters. The van der Waals surface area contributed by atoms with Crippen molar-refractivity contribution in [3.63, 3.8) is 0 Å². The average Bonchev–Trinajstić information content (AvgIpc) is 2.60. The van der Waals surface area contributed by atoms with E-state index < -0.39 is 0 Å². The van der Waals surface area contributed by atoms with Gasteiger partial charge in [0.2, 0.25) is 5.91 Å². The van der Waals surface area contributed by atoms with E-state index in [0.717, 1.165) is 17.1 Å². The fraction of sp³-hybridized carbons (Fsp3) is 0.316. The molecule has 3 nitrogen and oxygen atoms in total. The molecule has 2 rings (SSSR count). The Hall–Kier alpha value is -1.94. The summed E-state index contributed by atoms with van der Waals surface area (Å²) in [5.41, 5.74) is 2.22. The molecular formula is C19H23NO2S. The number of ether oxygens (including phenoxy) is 1. The number of methoxy groups -OCH3 is 1. The van der Waals surface area contributed by atoms with E-state index in [1.807, 2.05) is 56.3 Å². The summed E-state index contributed by atoms with van der Waals surface area (Å²) in [7, 11) is 1.64. The molecule has 0 saturated heterocycles. The van der Waals surface area contributed by atoms with E-state index in [0.29, 0.717) is 0 Å². The predicted molar refractivity (Wildman–Crippen MR) is 96.8 cm³/mol. The van der Waals surface area contributed by atoms with E-state index in [1.54, 1.807) is 18.9 Å². The van der Waals surface area contributed by atoms with Crippen molar-refractivity contribution in [3.05, 3.63) is 65.7 Å². The lowest BCUT2D eigenvalue weighted by atomic mass is 10.1. The molecule has 0 saturated carbocycles. The van der Waals surface area contributed by atoms with E-state index in [9.17, 15) is 4.79 Å². The number of thioether (sulfide) groups is 1. The lowest BCUT2D eigenvalue weighted by Gasteiger charge is -2.19. The Labute approximate surface area is 142 Å². The third kappa shape index (κ3) is 5.03. The molecule has 0 heterocycles. The summed E-state index contributed by atoms with van der Waals surface area (Å²) in [5.74, 6) is 1.67. The molecule has 0 fully saturated rings. The minimum atomic E-state index is -0.104. The largest absolute Gasteiger partial charge is 0.496 e. The molecule has 0 bridgehead atoms. The second-order valence-corrected chi connectivity index (χ2v) is 6.74. The first kappa shape index (κ1) is 17.4. The van der Waals surface area contributed by atoms with Gasteiger partial charge in [-0.1, -0.05) is 48.5 Å². The van der Waals surface area contributed by atoms with Crippen molar-refractivity contribution in [2.45, 2.75) is 30.9 Å². The third-order valence-electron chi connectivity index (χ3n) is 3.68. The summed E-state index contributed by atoms with van der Waals surface area (Å²) in [4.78, 5) is 12.4. The molecule has 0 aliphatic rings. The molecule has 4 heteroatoms. The van der Waals surface area contributed by atoms with E-state index in [-0.39, 0.29) is 17.2 Å². The zero-order valence-electron chi connectivity index (χ0n) is 13.8. The highest BCUT2D eigenvalue weighted by Crippen LogP contribution is 2.25. The first-order valence-electron chi connectivity index (χ1n) is 7.70. The summed E-state index contributed by atoms with van der Waals surface area (Å²) < 4.78 is 5.36. The van der Waals surface area contributed by atoms with Gasteiger partial charge in [0.05, 0.1) is 18.4 Å². The van der Waals surface area contributed by atoms with Crippen molar-refractivity contribution in [3.8, 4) is 5.75 Å². The number of nitrogens with one attached hydrogen (secondary N) is 1. The summed E-state index contributed by atoms with van der Waals surface area (Å²) >= 11 is 1.64. The number of carbonyl (C=O) groups is 1. The number of carbonyl (C=O) groups excluding carboxylic acids is 1. The monoisotopic (exact) mass is 329 g/mol. The van der Waals surface area contributed by atoms with Crippen molar-refractivity contribution in [1.29, 1.82) is 0 Å². The number of hydrogen-bond donors (Lipinski definition) is 1. The normalized spacial score (nSPS) is 13.2. The Bertz CT molecular complexity index is 630. The Morgan fingerprint density at radius 2 is 1.74 bits per heavy atom. The quantitative estimate of drug-likeness (QED) is 0.827. The summed E-state index contributed by atoms with van der Waals surface area (Å²) in [6.07, 6.45) is 0. The molecule has 0 spiro atoms. The van der Waals surface area contributed by atoms with Crippen molar-refractivity contribution in [2.24, 2.45) is 0 Å². The number of rotatable bonds is 7. The molecule has 2 aromatic rings. The SMILES string of the molecule is COc1ccccc1C(C)NC(=O)C(C)SCc1ccccc1. The summed E-state index contributed by atoms with van der Waals surface area (Å²) in [6, 6.07) is 17.9. The van der Waals surface area contributed by atoms with Gasteiger partial charge in [-0.15, -0.1) is 11.8 Å². The molecule has 0 aliphatic carbocycles. The molecule has 0 aliphatic heterocycles. The fourth-order valence-corrected chi connectivity index (χ4v) is 3.16. The third-order valence-corrected chi connectivity index (χ3v) is 4.89. The maximum atomic E-state index is 12.4. The van der Waals surface area contributed by atoms with Crippen LogP contribution in [0.2, 0.25) is 0 Å². The van der Waals surface area contributed by atoms with Crippen LogP contribution in [0, 0.1) is 0 Å². The first-order chi connectivity index (χ1) is 11.1. The van der Waals surface area contributed by atoms with Crippen molar-refractivity contribution >= 4 is 17.7 Å². The van der Waals surface area contributed by atoms with E-state index in [1.165, 1.54) is 5.56 Å². The van der Waals surface area contributed by atoms with E-state index >= 15 is 0 Å². The van der Waals surface area contributed by atoms with Gasteiger partial charge in [-0.2, -0.15) is 0 Å². The predicted octanol–water partition coefficient (Wildman–Crippen LogP) is 4.19. The van der Waals surface area contributed by atoms with Gasteiger partial charge in [-0.3, -0.25) is 4.79 Å². The second-order valence-electron chi connectivity index (χ2n) is 5.41. The Kier molecular flexibility index (Phi) is 6.53. The van der Waals surface area contributed by atoms with Crippen molar-refractivity contribution in [2.75, 3.05) is 7.11 Å². The molecule has 2 unspecified atom stereocenters. The van der Waals surface area contributed by atoms with Crippen LogP contribution < -0.4 is 10.1 Å². The number of hydrogen-bond acceptors (Lipinski definition) is 3. The minimum absolute atomic E-state index is 0.0457. The number of benzene rings is 2. The maximum Gasteiger partial charge on any atom is 0.233 e. The Morgan fingerprint density at radius 1 is 1.09 bits per heavy atom. The molecule has 122 valence electrons. The Balaban J connectivity index is 1.90. The van der Waals surface area contributed by atoms with Crippen LogP contribution in [0.4, 0.5) is 0 Å². The van der Waals surface area contributed by atoms with E-state index in [4.69, 9.17) is 4.74 Å². The van der Waals surface area contributed by atoms with Crippen LogP contribution in [0.25, 0.3) is 0 Å². The van der Waals surface area contributed by atoms with Crippen molar-refractivity contribution in [1.82, 2.24) is 5.32 Å². The highest BCUT2D eigenvalue weighted by atomic mass is 32.2. The lowest BCUT2D eigenvalue weighted by molar-refractivity contribution is -0.120. The second kappa shape index (κ2) is 8.63. The maximum absolute atomic E-state index is 12.4. The number of amides is 1. The van der Waals surface area contributed by atoms with Crippen LogP contribution in [0.15, 0.2) is 54.6 Å². The van der Waals surface area contributed by atoms with Crippen LogP contribution in [-0.4, -0.2) is 18.3 Å². The van der Waals surface area contributed by atoms with Gasteiger partial charge in [0, 0.05) is 11.3 Å². The fourth-order valence-electron chi connectivity index (χ4n) is 2.30. The van der Waals surface area contributed by atoms with Gasteiger partial charge in [0.15, 0.2) is 0 Å². The zero-order valence-corrected chi connectivity index (χ0v) is 14.6. The standard InChI is InChI=1S/C19H23NO2S/c1-14(17-11-7-8-12-18(17)22-3)20-19(21)15(2)23-13-16-9-5-4-6-10-16/h4-12,14-15H,13H2,1-3H3,(H,20,21). The Morgan fingerprint density at radius 3 is 2.43 bits per heavy atom. The molecule has 0 radical (unpaired) electrons. The molecule has 1 N–H and O–H groups in total. The van der Waals surface area contributed by atoms with Gasteiger partial charge in [0.1, 0.15) is 5.75 Å². The van der Waals surface area contributed by atoms with Crippen LogP contribution in [-0.2, 0) is 10.5 Å². The van der Waals surface area contributed by atoms with Crippen LogP contribution in [0.3, 0.4) is 0 Å². The first-order valence-corrected chi connectivity index (χ1v) is 8.75. The van der Waals surface area contributed by atoms with Crippen LogP contribution in [0.1, 0.15) is 31.0 Å². The van der Waals surface area contributed by atoms with Gasteiger partial charge >= 0.3 is 0 Å². The molecule has 1 amide bonds. The minimum Gasteiger partial charge on any atom is -0.496 e. The average molecular weight is 329 g/mol. The van der Waals surface area contributed by atoms with Gasteiger partial charge in [-0.05, 0) is 25.5 Å². The van der Waals surface area contributed by atoms with E-state index in [2.05, 4.69) is 17.4 Å². The lowest BCUT2D eigenvalue weighted by Crippen LogP contribution is -2.33. The van der Waals surface area contributed by atoms with Crippen LogP contribution in [0.5, 0.6) is 5.75 Å². The highest BCUT2D eigenvalue weighted by Gasteiger charge is 2.18. The summed E-state index contributed by atoms with van der Waals surface area (Å²) in [6.45, 7) is 3.92. The molecule has 2 aromatic carbocycles. The van der Waals surface area contributed by atoms with Crippen molar-refractivity contribution < 1.29 is 9.53 Å². The van der Waals surface area contributed by atoms with Gasteiger partial charge < -0.3 is 10.1 Å². The molecular weight excluding hydrogens is 306 g/mol. The smallest absolute Gasteiger partial charge is 0.233 e. The highest BCUT2D eigenvalue weighted by molar-refractivity contribution is 7.99. The van der Waals surface area contributed by atoms with Gasteiger partial charge in [0.25, 0.3) is 0 Å². The number of para-hydroxylation sites is 1. The van der Waals surface area contributed by atoms with Crippen LogP contribution >= 0.6 is 11.8 Å². The molecule has 0 aromatic heterocycles. The van der Waals surface area contributed by atoms with Gasteiger partial charge in [-0.25, -0.2) is 0 Å². The zero-order chi connectivity index (χ0) is 16.7. The summed E-state index contributed by atoms with van der Waals surface area (Å²) in [5, 5.41) is 2.96. The molecule has 23 heavy (non-hydrogen) atoms.